The van der Waals surface area contributed by atoms with Gasteiger partial charge in [0, 0.05) is 12.2 Å². The average molecular weight is 258 g/mol. The number of nitrogens with zero attached hydrogens (tertiary/aromatic N) is 1. The normalized spacial score (nSPS) is 37.8. The van der Waals surface area contributed by atoms with Crippen molar-refractivity contribution >= 4 is 11.6 Å². The molecule has 3 saturated carbocycles. The summed E-state index contributed by atoms with van der Waals surface area (Å²) >= 11 is 0. The zero-order valence-electron chi connectivity index (χ0n) is 10.7. The molecule has 3 aliphatic rings. The number of aromatic nitrogens is 1. The molecule has 4 rings (SSSR count). The standard InChI is InChI=1S/C14H18N4O/c15-18-9-3-4-16-10(6-9)14(19)17-13-11-7-1-2-8(5-7)12(11)13/h3-4,6-8,11-13H,1-2,5,15H2,(H,16,18)(H,17,19). The van der Waals surface area contributed by atoms with Crippen LogP contribution in [0.2, 0.25) is 0 Å². The monoisotopic (exact) mass is 258 g/mol. The van der Waals surface area contributed by atoms with Crippen molar-refractivity contribution in [3.63, 3.8) is 0 Å². The van der Waals surface area contributed by atoms with Crippen LogP contribution in [0.25, 0.3) is 0 Å². The first-order valence-electron chi connectivity index (χ1n) is 7.01. The first-order valence-corrected chi connectivity index (χ1v) is 7.01. The third-order valence-corrected chi connectivity index (χ3v) is 5.19. The number of pyridine rings is 1. The first-order chi connectivity index (χ1) is 9.28. The Kier molecular flexibility index (Phi) is 2.33. The summed E-state index contributed by atoms with van der Waals surface area (Å²) < 4.78 is 0. The minimum atomic E-state index is -0.0732. The lowest BCUT2D eigenvalue weighted by Gasteiger charge is -2.10. The van der Waals surface area contributed by atoms with Gasteiger partial charge in [-0.05, 0) is 55.1 Å². The summed E-state index contributed by atoms with van der Waals surface area (Å²) in [6.07, 6.45) is 5.72. The Hall–Kier alpha value is -1.62. The van der Waals surface area contributed by atoms with Crippen molar-refractivity contribution in [3.05, 3.63) is 24.0 Å². The molecule has 0 aliphatic heterocycles. The third-order valence-electron chi connectivity index (χ3n) is 5.19. The van der Waals surface area contributed by atoms with E-state index in [2.05, 4.69) is 15.7 Å². The van der Waals surface area contributed by atoms with Crippen molar-refractivity contribution in [2.75, 3.05) is 5.43 Å². The number of nitrogens with one attached hydrogen (secondary N) is 2. The molecule has 0 aromatic carbocycles. The van der Waals surface area contributed by atoms with Gasteiger partial charge in [0.2, 0.25) is 0 Å². The lowest BCUT2D eigenvalue weighted by Crippen LogP contribution is -2.30. The lowest BCUT2D eigenvalue weighted by molar-refractivity contribution is 0.0939. The van der Waals surface area contributed by atoms with Crippen LogP contribution in [0, 0.1) is 23.7 Å². The van der Waals surface area contributed by atoms with Crippen LogP contribution in [0.1, 0.15) is 29.8 Å². The number of hydrogen-bond acceptors (Lipinski definition) is 4. The Labute approximate surface area is 111 Å². The summed E-state index contributed by atoms with van der Waals surface area (Å²) in [6.45, 7) is 0. The zero-order chi connectivity index (χ0) is 13.0. The van der Waals surface area contributed by atoms with Gasteiger partial charge in [-0.2, -0.15) is 0 Å². The summed E-state index contributed by atoms with van der Waals surface area (Å²) in [5.74, 6) is 8.50. The second-order valence-electron chi connectivity index (χ2n) is 6.06. The second kappa shape index (κ2) is 3.93. The van der Waals surface area contributed by atoms with Crippen LogP contribution in [0.15, 0.2) is 18.3 Å². The van der Waals surface area contributed by atoms with Crippen molar-refractivity contribution in [1.82, 2.24) is 10.3 Å². The molecule has 4 N–H and O–H groups in total. The van der Waals surface area contributed by atoms with Crippen molar-refractivity contribution in [2.45, 2.75) is 25.3 Å². The molecule has 5 heteroatoms. The highest BCUT2D eigenvalue weighted by Crippen LogP contribution is 2.65. The Morgan fingerprint density at radius 1 is 1.32 bits per heavy atom. The van der Waals surface area contributed by atoms with E-state index in [1.54, 1.807) is 18.3 Å². The molecule has 0 spiro atoms. The molecule has 5 nitrogen and oxygen atoms in total. The fourth-order valence-corrected chi connectivity index (χ4v) is 4.39. The molecule has 1 amide bonds. The number of hydrazine groups is 1. The number of fused-ring (bicyclic) bond motifs is 5. The highest BCUT2D eigenvalue weighted by Gasteiger charge is 2.65. The summed E-state index contributed by atoms with van der Waals surface area (Å²) in [5, 5.41) is 3.15. The Bertz CT molecular complexity index is 516. The van der Waals surface area contributed by atoms with Crippen molar-refractivity contribution in [2.24, 2.45) is 29.5 Å². The van der Waals surface area contributed by atoms with Gasteiger partial charge < -0.3 is 10.7 Å². The number of nitrogens with two attached hydrogens (primary N) is 1. The van der Waals surface area contributed by atoms with Gasteiger partial charge in [-0.1, -0.05) is 0 Å². The van der Waals surface area contributed by atoms with E-state index in [4.69, 9.17) is 5.84 Å². The summed E-state index contributed by atoms with van der Waals surface area (Å²) in [6, 6.07) is 3.82. The van der Waals surface area contributed by atoms with Crippen LogP contribution < -0.4 is 16.6 Å². The van der Waals surface area contributed by atoms with E-state index in [1.807, 2.05) is 0 Å². The maximum atomic E-state index is 12.2. The minimum Gasteiger partial charge on any atom is -0.347 e. The van der Waals surface area contributed by atoms with Crippen LogP contribution in [0.3, 0.4) is 0 Å². The number of amides is 1. The van der Waals surface area contributed by atoms with E-state index >= 15 is 0 Å². The summed E-state index contributed by atoms with van der Waals surface area (Å²) in [5.41, 5.74) is 3.68. The molecular formula is C14H18N4O. The van der Waals surface area contributed by atoms with Crippen LogP contribution in [-0.2, 0) is 0 Å². The number of anilines is 1. The molecule has 2 bridgehead atoms. The summed E-state index contributed by atoms with van der Waals surface area (Å²) in [4.78, 5) is 16.3. The van der Waals surface area contributed by atoms with Crippen LogP contribution in [0.4, 0.5) is 5.69 Å². The topological polar surface area (TPSA) is 80.0 Å². The van der Waals surface area contributed by atoms with Crippen molar-refractivity contribution < 1.29 is 4.79 Å². The highest BCUT2D eigenvalue weighted by atomic mass is 16.2. The van der Waals surface area contributed by atoms with Gasteiger partial charge in [0.1, 0.15) is 5.69 Å². The van der Waals surface area contributed by atoms with Gasteiger partial charge in [0.15, 0.2) is 0 Å². The number of rotatable bonds is 3. The molecule has 1 heterocycles. The van der Waals surface area contributed by atoms with Gasteiger partial charge in [-0.3, -0.25) is 15.6 Å². The number of carbonyl (C=O) groups excluding carboxylic acids is 1. The predicted octanol–water partition coefficient (Wildman–Crippen LogP) is 1.14. The van der Waals surface area contributed by atoms with E-state index in [1.165, 1.54) is 19.3 Å². The predicted molar refractivity (Wildman–Crippen MR) is 71.1 cm³/mol. The first kappa shape index (κ1) is 11.2. The number of hydrogen-bond donors (Lipinski definition) is 3. The lowest BCUT2D eigenvalue weighted by atomic mass is 10.0. The molecule has 3 aliphatic carbocycles. The van der Waals surface area contributed by atoms with Gasteiger partial charge in [-0.15, -0.1) is 0 Å². The molecule has 3 fully saturated rings. The average Bonchev–Trinajstić information content (AvgIpc) is 2.85. The van der Waals surface area contributed by atoms with E-state index < -0.39 is 0 Å². The SMILES string of the molecule is NNc1ccnc(C(=O)NC2C3C4CCC(C4)C23)c1. The smallest absolute Gasteiger partial charge is 0.270 e. The summed E-state index contributed by atoms with van der Waals surface area (Å²) in [7, 11) is 0. The molecular weight excluding hydrogens is 240 g/mol. The minimum absolute atomic E-state index is 0.0732. The van der Waals surface area contributed by atoms with Crippen molar-refractivity contribution in [3.8, 4) is 0 Å². The van der Waals surface area contributed by atoms with E-state index in [0.717, 1.165) is 23.7 Å². The molecule has 0 saturated heterocycles. The van der Waals surface area contributed by atoms with Crippen LogP contribution in [0.5, 0.6) is 0 Å². The van der Waals surface area contributed by atoms with Gasteiger partial charge in [-0.25, -0.2) is 0 Å². The Morgan fingerprint density at radius 2 is 2.05 bits per heavy atom. The zero-order valence-corrected chi connectivity index (χ0v) is 10.7. The molecule has 100 valence electrons. The number of carbonyl (C=O) groups is 1. The van der Waals surface area contributed by atoms with Crippen molar-refractivity contribution in [1.29, 1.82) is 0 Å². The molecule has 0 radical (unpaired) electrons. The maximum absolute atomic E-state index is 12.2. The second-order valence-corrected chi connectivity index (χ2v) is 6.06. The van der Waals surface area contributed by atoms with E-state index in [-0.39, 0.29) is 5.91 Å². The van der Waals surface area contributed by atoms with Gasteiger partial charge in [0.05, 0.1) is 5.69 Å². The maximum Gasteiger partial charge on any atom is 0.270 e. The van der Waals surface area contributed by atoms with E-state index in [0.29, 0.717) is 17.4 Å². The fraction of sp³-hybridized carbons (Fsp3) is 0.571. The number of nitrogen functional groups attached to an aromatic ring is 1. The Morgan fingerprint density at radius 3 is 2.74 bits per heavy atom. The molecule has 1 aromatic rings. The highest BCUT2D eigenvalue weighted by molar-refractivity contribution is 5.93. The van der Waals surface area contributed by atoms with Crippen LogP contribution in [-0.4, -0.2) is 16.9 Å². The quantitative estimate of drug-likeness (QED) is 0.561. The molecule has 1 aromatic heterocycles. The third kappa shape index (κ3) is 1.64. The molecule has 19 heavy (non-hydrogen) atoms. The largest absolute Gasteiger partial charge is 0.347 e. The van der Waals surface area contributed by atoms with Crippen LogP contribution >= 0.6 is 0 Å². The van der Waals surface area contributed by atoms with Gasteiger partial charge in [0.25, 0.3) is 5.91 Å². The molecule has 4 atom stereocenters. The van der Waals surface area contributed by atoms with Gasteiger partial charge >= 0.3 is 0 Å². The molecule has 4 unspecified atom stereocenters. The van der Waals surface area contributed by atoms with E-state index in [9.17, 15) is 4.79 Å². The Balaban J connectivity index is 1.45. The fourth-order valence-electron chi connectivity index (χ4n) is 4.39.